The minimum absolute atomic E-state index is 0.0516. The van der Waals surface area contributed by atoms with E-state index >= 15 is 0 Å². The third-order valence-electron chi connectivity index (χ3n) is 4.92. The molecule has 1 N–H and O–H groups in total. The van der Waals surface area contributed by atoms with Gasteiger partial charge in [0.2, 0.25) is 5.91 Å². The number of hydrogen-bond donors (Lipinski definition) is 1. The lowest BCUT2D eigenvalue weighted by Gasteiger charge is -2.31. The molecular weight excluding hydrogens is 374 g/mol. The maximum atomic E-state index is 12.6. The Morgan fingerprint density at radius 1 is 1.14 bits per heavy atom. The van der Waals surface area contributed by atoms with Gasteiger partial charge in [-0.25, -0.2) is 0 Å². The van der Waals surface area contributed by atoms with Crippen molar-refractivity contribution in [2.24, 2.45) is 5.92 Å². The van der Waals surface area contributed by atoms with Crippen molar-refractivity contribution in [3.8, 4) is 5.75 Å². The van der Waals surface area contributed by atoms with E-state index in [1.165, 1.54) is 24.3 Å². The summed E-state index contributed by atoms with van der Waals surface area (Å²) in [6.45, 7) is 3.31. The first-order valence-corrected chi connectivity index (χ1v) is 9.56. The van der Waals surface area contributed by atoms with E-state index in [-0.39, 0.29) is 23.4 Å². The monoisotopic (exact) mass is 397 g/mol. The van der Waals surface area contributed by atoms with Gasteiger partial charge in [-0.15, -0.1) is 0 Å². The number of amides is 2. The number of anilines is 1. The van der Waals surface area contributed by atoms with Crippen molar-refractivity contribution in [3.05, 3.63) is 64.2 Å². The molecule has 1 aliphatic rings. The van der Waals surface area contributed by atoms with E-state index in [1.54, 1.807) is 11.0 Å². The van der Waals surface area contributed by atoms with Crippen LogP contribution in [-0.2, 0) is 4.79 Å². The van der Waals surface area contributed by atoms with E-state index in [0.29, 0.717) is 49.5 Å². The molecule has 0 atom stereocenters. The van der Waals surface area contributed by atoms with E-state index < -0.39 is 4.92 Å². The molecule has 0 spiro atoms. The first kappa shape index (κ1) is 20.3. The maximum Gasteiger partial charge on any atom is 0.269 e. The molecule has 1 heterocycles. The van der Waals surface area contributed by atoms with Gasteiger partial charge in [-0.2, -0.15) is 0 Å². The summed E-state index contributed by atoms with van der Waals surface area (Å²) >= 11 is 0. The van der Waals surface area contributed by atoms with Gasteiger partial charge in [0.25, 0.3) is 11.6 Å². The summed E-state index contributed by atoms with van der Waals surface area (Å²) in [5.41, 5.74) is 0.997. The molecule has 3 rings (SSSR count). The van der Waals surface area contributed by atoms with E-state index in [0.717, 1.165) is 0 Å². The zero-order valence-electron chi connectivity index (χ0n) is 16.2. The third kappa shape index (κ3) is 4.90. The van der Waals surface area contributed by atoms with Gasteiger partial charge < -0.3 is 15.0 Å². The Kier molecular flexibility index (Phi) is 6.43. The molecule has 8 nitrogen and oxygen atoms in total. The zero-order valence-corrected chi connectivity index (χ0v) is 16.2. The number of piperidine rings is 1. The van der Waals surface area contributed by atoms with Crippen molar-refractivity contribution >= 4 is 23.2 Å². The Balaban J connectivity index is 1.56. The minimum atomic E-state index is -0.498. The SMILES string of the molecule is CCOc1ccccc1NC(=O)C1CCN(C(=O)c2ccc([N+](=O)[O-])cc2)CC1. The fourth-order valence-electron chi connectivity index (χ4n) is 3.34. The number of para-hydroxylation sites is 2. The number of nitro benzene ring substituents is 1. The van der Waals surface area contributed by atoms with Crippen LogP contribution in [0.15, 0.2) is 48.5 Å². The molecule has 2 aromatic rings. The van der Waals surface area contributed by atoms with Gasteiger partial charge in [0.15, 0.2) is 0 Å². The number of hydrogen-bond acceptors (Lipinski definition) is 5. The first-order chi connectivity index (χ1) is 14.0. The molecule has 0 aromatic heterocycles. The van der Waals surface area contributed by atoms with Crippen LogP contribution in [0.25, 0.3) is 0 Å². The summed E-state index contributed by atoms with van der Waals surface area (Å²) in [7, 11) is 0. The summed E-state index contributed by atoms with van der Waals surface area (Å²) in [6.07, 6.45) is 1.11. The van der Waals surface area contributed by atoms with Gasteiger partial charge in [-0.3, -0.25) is 19.7 Å². The number of likely N-dealkylation sites (tertiary alicyclic amines) is 1. The van der Waals surface area contributed by atoms with Gasteiger partial charge in [0, 0.05) is 36.7 Å². The normalized spacial score (nSPS) is 14.3. The quantitative estimate of drug-likeness (QED) is 0.594. The zero-order chi connectivity index (χ0) is 20.8. The molecule has 8 heteroatoms. The molecule has 0 bridgehead atoms. The van der Waals surface area contributed by atoms with Gasteiger partial charge in [0.05, 0.1) is 17.2 Å². The number of ether oxygens (including phenoxy) is 1. The van der Waals surface area contributed by atoms with Crippen molar-refractivity contribution in [1.82, 2.24) is 4.90 Å². The van der Waals surface area contributed by atoms with Crippen LogP contribution in [0.5, 0.6) is 5.75 Å². The highest BCUT2D eigenvalue weighted by Crippen LogP contribution is 2.26. The highest BCUT2D eigenvalue weighted by molar-refractivity contribution is 5.96. The lowest BCUT2D eigenvalue weighted by molar-refractivity contribution is -0.384. The Morgan fingerprint density at radius 2 is 1.79 bits per heavy atom. The summed E-state index contributed by atoms with van der Waals surface area (Å²) < 4.78 is 5.54. The van der Waals surface area contributed by atoms with Gasteiger partial charge in [-0.1, -0.05) is 12.1 Å². The lowest BCUT2D eigenvalue weighted by Crippen LogP contribution is -2.41. The predicted octanol–water partition coefficient (Wildman–Crippen LogP) is 3.48. The molecule has 152 valence electrons. The summed E-state index contributed by atoms with van der Waals surface area (Å²) in [5.74, 6) is 0.180. The van der Waals surface area contributed by atoms with Crippen LogP contribution in [0.2, 0.25) is 0 Å². The molecule has 2 amide bonds. The molecule has 29 heavy (non-hydrogen) atoms. The highest BCUT2D eigenvalue weighted by Gasteiger charge is 2.28. The summed E-state index contributed by atoms with van der Waals surface area (Å²) in [4.78, 5) is 37.2. The standard InChI is InChI=1S/C21H23N3O5/c1-2-29-19-6-4-3-5-18(19)22-20(25)15-11-13-23(14-12-15)21(26)16-7-9-17(10-8-16)24(27)28/h3-10,15H,2,11-14H2,1H3,(H,22,25). The molecule has 0 unspecified atom stereocenters. The van der Waals surface area contributed by atoms with Crippen LogP contribution in [0.1, 0.15) is 30.1 Å². The molecule has 0 saturated carbocycles. The number of carbonyl (C=O) groups excluding carboxylic acids is 2. The fourth-order valence-corrected chi connectivity index (χ4v) is 3.34. The van der Waals surface area contributed by atoms with Gasteiger partial charge >= 0.3 is 0 Å². The lowest BCUT2D eigenvalue weighted by atomic mass is 9.95. The van der Waals surface area contributed by atoms with Crippen molar-refractivity contribution in [2.75, 3.05) is 25.0 Å². The average molecular weight is 397 g/mol. The smallest absolute Gasteiger partial charge is 0.269 e. The average Bonchev–Trinajstić information content (AvgIpc) is 2.75. The highest BCUT2D eigenvalue weighted by atomic mass is 16.6. The number of nitrogens with zero attached hydrogens (tertiary/aromatic N) is 2. The van der Waals surface area contributed by atoms with Crippen molar-refractivity contribution in [3.63, 3.8) is 0 Å². The molecule has 0 radical (unpaired) electrons. The largest absolute Gasteiger partial charge is 0.492 e. The van der Waals surface area contributed by atoms with Gasteiger partial charge in [-0.05, 0) is 44.0 Å². The van der Waals surface area contributed by atoms with Crippen LogP contribution in [0.3, 0.4) is 0 Å². The Hall–Kier alpha value is -3.42. The van der Waals surface area contributed by atoms with Crippen LogP contribution in [-0.4, -0.2) is 41.3 Å². The number of carbonyl (C=O) groups is 2. The van der Waals surface area contributed by atoms with Crippen LogP contribution < -0.4 is 10.1 Å². The summed E-state index contributed by atoms with van der Waals surface area (Å²) in [6, 6.07) is 12.9. The number of nitro groups is 1. The molecule has 0 aliphatic carbocycles. The molecular formula is C21H23N3O5. The summed E-state index contributed by atoms with van der Waals surface area (Å²) in [5, 5.41) is 13.7. The minimum Gasteiger partial charge on any atom is -0.492 e. The van der Waals surface area contributed by atoms with Crippen LogP contribution in [0.4, 0.5) is 11.4 Å². The van der Waals surface area contributed by atoms with Crippen molar-refractivity contribution in [2.45, 2.75) is 19.8 Å². The number of rotatable bonds is 6. The number of non-ortho nitro benzene ring substituents is 1. The van der Waals surface area contributed by atoms with E-state index in [4.69, 9.17) is 4.74 Å². The second kappa shape index (κ2) is 9.18. The molecule has 2 aromatic carbocycles. The maximum absolute atomic E-state index is 12.6. The topological polar surface area (TPSA) is 102 Å². The Morgan fingerprint density at radius 3 is 2.41 bits per heavy atom. The third-order valence-corrected chi connectivity index (χ3v) is 4.92. The first-order valence-electron chi connectivity index (χ1n) is 9.56. The fraction of sp³-hybridized carbons (Fsp3) is 0.333. The predicted molar refractivity (Wildman–Crippen MR) is 108 cm³/mol. The Labute approximate surface area is 168 Å². The van der Waals surface area contributed by atoms with Crippen LogP contribution >= 0.6 is 0 Å². The van der Waals surface area contributed by atoms with Crippen molar-refractivity contribution < 1.29 is 19.2 Å². The van der Waals surface area contributed by atoms with E-state index in [2.05, 4.69) is 5.32 Å². The number of benzene rings is 2. The molecule has 1 fully saturated rings. The van der Waals surface area contributed by atoms with E-state index in [1.807, 2.05) is 25.1 Å². The van der Waals surface area contributed by atoms with Gasteiger partial charge in [0.1, 0.15) is 5.75 Å². The van der Waals surface area contributed by atoms with E-state index in [9.17, 15) is 19.7 Å². The Bertz CT molecular complexity index is 889. The molecule has 1 saturated heterocycles. The van der Waals surface area contributed by atoms with Crippen LogP contribution in [0, 0.1) is 16.0 Å². The molecule has 1 aliphatic heterocycles. The van der Waals surface area contributed by atoms with Crippen molar-refractivity contribution in [1.29, 1.82) is 0 Å². The second-order valence-corrected chi connectivity index (χ2v) is 6.79. The number of nitrogens with one attached hydrogen (secondary N) is 1. The second-order valence-electron chi connectivity index (χ2n) is 6.79.